The molecule has 7 heteroatoms. The molecule has 0 bridgehead atoms. The molecule has 6 rings (SSSR count). The van der Waals surface area contributed by atoms with E-state index in [1.165, 1.54) is 11.1 Å². The first-order chi connectivity index (χ1) is 20.5. The summed E-state index contributed by atoms with van der Waals surface area (Å²) in [4.78, 5) is 31.7. The molecule has 1 aliphatic carbocycles. The van der Waals surface area contributed by atoms with Gasteiger partial charge in [-0.3, -0.25) is 19.4 Å². The minimum atomic E-state index is -0.390. The molecule has 42 heavy (non-hydrogen) atoms. The molecule has 0 unspecified atom stereocenters. The molecule has 222 valence electrons. The lowest BCUT2D eigenvalue weighted by atomic mass is 9.69. The number of amides is 2. The van der Waals surface area contributed by atoms with Gasteiger partial charge in [0.05, 0.1) is 31.2 Å². The molecule has 4 aliphatic rings. The first-order valence-corrected chi connectivity index (χ1v) is 15.5. The number of phenols is 1. The number of aliphatic hydroxyl groups is 1. The second-order valence-electron chi connectivity index (χ2n) is 12.3. The van der Waals surface area contributed by atoms with E-state index in [1.807, 2.05) is 18.2 Å². The number of phenolic OH excluding ortho intramolecular Hbond substituents is 1. The van der Waals surface area contributed by atoms with E-state index in [-0.39, 0.29) is 48.2 Å². The number of nitrogens with zero attached hydrogens (tertiary/aromatic N) is 2. The van der Waals surface area contributed by atoms with Crippen molar-refractivity contribution < 1.29 is 24.5 Å². The number of likely N-dealkylation sites (tertiary alicyclic amines) is 2. The summed E-state index contributed by atoms with van der Waals surface area (Å²) in [6.07, 6.45) is 6.58. The van der Waals surface area contributed by atoms with E-state index >= 15 is 0 Å². The normalized spacial score (nSPS) is 27.1. The molecule has 3 aliphatic heterocycles. The van der Waals surface area contributed by atoms with Gasteiger partial charge in [0.15, 0.2) is 0 Å². The van der Waals surface area contributed by atoms with Crippen LogP contribution < -0.4 is 0 Å². The molecule has 0 saturated carbocycles. The molecule has 3 heterocycles. The van der Waals surface area contributed by atoms with E-state index in [2.05, 4.69) is 42.2 Å². The third-order valence-electron chi connectivity index (χ3n) is 9.85. The highest BCUT2D eigenvalue weighted by molar-refractivity contribution is 6.06. The Hall–Kier alpha value is -3.26. The number of rotatable bonds is 9. The SMILES string of the molecule is CC/C(=C\c1ccc(O)cc1)CC[C@H]1OC[C@H]2C1=C(CO)C[C@H]1C(=O)N(C3CCN(Cc4ccccc4)CC3)C(=O)[C@H]12. The van der Waals surface area contributed by atoms with Gasteiger partial charge in [0.25, 0.3) is 0 Å². The highest BCUT2D eigenvalue weighted by atomic mass is 16.5. The van der Waals surface area contributed by atoms with Gasteiger partial charge in [-0.15, -0.1) is 0 Å². The topological polar surface area (TPSA) is 90.3 Å². The van der Waals surface area contributed by atoms with Crippen molar-refractivity contribution in [1.82, 2.24) is 9.80 Å². The lowest BCUT2D eigenvalue weighted by Crippen LogP contribution is -2.47. The Kier molecular flexibility index (Phi) is 8.61. The van der Waals surface area contributed by atoms with Gasteiger partial charge >= 0.3 is 0 Å². The summed E-state index contributed by atoms with van der Waals surface area (Å²) in [5.74, 6) is -0.739. The average molecular weight is 571 g/mol. The van der Waals surface area contributed by atoms with Gasteiger partial charge in [-0.25, -0.2) is 0 Å². The third-order valence-corrected chi connectivity index (χ3v) is 9.85. The zero-order chi connectivity index (χ0) is 29.2. The fraction of sp³-hybridized carbons (Fsp3) is 0.486. The van der Waals surface area contributed by atoms with E-state index in [0.717, 1.165) is 68.4 Å². The molecule has 0 radical (unpaired) electrons. The van der Waals surface area contributed by atoms with Crippen LogP contribution in [0.3, 0.4) is 0 Å². The quantitative estimate of drug-likeness (QED) is 0.328. The number of aliphatic hydroxyl groups excluding tert-OH is 1. The van der Waals surface area contributed by atoms with Crippen LogP contribution in [0.15, 0.2) is 71.3 Å². The summed E-state index contributed by atoms with van der Waals surface area (Å²) >= 11 is 0. The average Bonchev–Trinajstić information content (AvgIpc) is 3.55. The van der Waals surface area contributed by atoms with Crippen molar-refractivity contribution in [2.24, 2.45) is 17.8 Å². The maximum Gasteiger partial charge on any atom is 0.234 e. The first-order valence-electron chi connectivity index (χ1n) is 15.5. The summed E-state index contributed by atoms with van der Waals surface area (Å²) in [7, 11) is 0. The monoisotopic (exact) mass is 570 g/mol. The third kappa shape index (κ3) is 5.70. The van der Waals surface area contributed by atoms with Gasteiger partial charge in [0.2, 0.25) is 11.8 Å². The van der Waals surface area contributed by atoms with Crippen LogP contribution in [0.25, 0.3) is 6.08 Å². The number of aromatic hydroxyl groups is 1. The molecular weight excluding hydrogens is 528 g/mol. The molecule has 2 N–H and O–H groups in total. The molecule has 0 aromatic heterocycles. The Morgan fingerprint density at radius 3 is 2.43 bits per heavy atom. The van der Waals surface area contributed by atoms with Crippen LogP contribution in [-0.4, -0.2) is 70.3 Å². The molecule has 7 nitrogen and oxygen atoms in total. The number of imide groups is 1. The number of fused-ring (bicyclic) bond motifs is 3. The molecule has 2 aromatic carbocycles. The first kappa shape index (κ1) is 28.8. The Labute approximate surface area is 248 Å². The maximum absolute atomic E-state index is 13.9. The van der Waals surface area contributed by atoms with Gasteiger partial charge in [-0.1, -0.05) is 61.0 Å². The maximum atomic E-state index is 13.9. The Morgan fingerprint density at radius 1 is 1.00 bits per heavy atom. The number of hydrogen-bond donors (Lipinski definition) is 2. The highest BCUT2D eigenvalue weighted by Gasteiger charge is 2.58. The van der Waals surface area contributed by atoms with Crippen LogP contribution >= 0.6 is 0 Å². The van der Waals surface area contributed by atoms with Gasteiger partial charge in [-0.05, 0) is 72.9 Å². The van der Waals surface area contributed by atoms with Crippen molar-refractivity contribution in [3.8, 4) is 5.75 Å². The molecular formula is C35H42N2O5. The molecule has 2 aromatic rings. The largest absolute Gasteiger partial charge is 0.508 e. The van der Waals surface area contributed by atoms with Gasteiger partial charge in [0.1, 0.15) is 5.75 Å². The lowest BCUT2D eigenvalue weighted by Gasteiger charge is -2.36. The minimum absolute atomic E-state index is 0.0308. The van der Waals surface area contributed by atoms with Crippen molar-refractivity contribution in [2.75, 3.05) is 26.3 Å². The van der Waals surface area contributed by atoms with E-state index in [4.69, 9.17) is 4.74 Å². The predicted molar refractivity (Wildman–Crippen MR) is 161 cm³/mol. The standard InChI is InChI=1S/C35H42N2O5/c1-2-23(18-24-8-11-28(39)12-9-24)10-13-31-32-26(21-38)19-29-33(30(32)22-42-31)35(41)37(34(29)40)27-14-16-36(17-15-27)20-25-6-4-3-5-7-25/h3-9,11-12,18,27,29-31,33,38-39H,2,10,13-17,19-22H2,1H3/b23-18+/t29-,30+,31-,33-/m1/s1. The van der Waals surface area contributed by atoms with E-state index in [1.54, 1.807) is 17.0 Å². The molecule has 3 saturated heterocycles. The van der Waals surface area contributed by atoms with Crippen LogP contribution in [0.4, 0.5) is 0 Å². The van der Waals surface area contributed by atoms with Crippen LogP contribution in [0, 0.1) is 17.8 Å². The zero-order valence-corrected chi connectivity index (χ0v) is 24.5. The van der Waals surface area contributed by atoms with Crippen molar-refractivity contribution in [3.63, 3.8) is 0 Å². The second kappa shape index (κ2) is 12.5. The fourth-order valence-corrected chi connectivity index (χ4v) is 7.65. The number of ether oxygens (including phenoxy) is 1. The number of carbonyl (C=O) groups is 2. The summed E-state index contributed by atoms with van der Waals surface area (Å²) in [5, 5.41) is 20.0. The summed E-state index contributed by atoms with van der Waals surface area (Å²) in [5.41, 5.74) is 5.57. The molecule has 0 spiro atoms. The minimum Gasteiger partial charge on any atom is -0.508 e. The van der Waals surface area contributed by atoms with Gasteiger partial charge < -0.3 is 14.9 Å². The Balaban J connectivity index is 1.12. The molecule has 4 atom stereocenters. The highest BCUT2D eigenvalue weighted by Crippen LogP contribution is 2.50. The van der Waals surface area contributed by atoms with Crippen LogP contribution in [-0.2, 0) is 20.9 Å². The summed E-state index contributed by atoms with van der Waals surface area (Å²) in [6, 6.07) is 17.6. The lowest BCUT2D eigenvalue weighted by molar-refractivity contribution is -0.144. The Morgan fingerprint density at radius 2 is 1.74 bits per heavy atom. The number of hydrogen-bond acceptors (Lipinski definition) is 6. The smallest absolute Gasteiger partial charge is 0.234 e. The van der Waals surface area contributed by atoms with Crippen molar-refractivity contribution in [3.05, 3.63) is 82.4 Å². The van der Waals surface area contributed by atoms with E-state index in [0.29, 0.717) is 13.0 Å². The number of piperidine rings is 1. The molecule has 3 fully saturated rings. The van der Waals surface area contributed by atoms with Crippen LogP contribution in [0.2, 0.25) is 0 Å². The van der Waals surface area contributed by atoms with Crippen molar-refractivity contribution >= 4 is 17.9 Å². The summed E-state index contributed by atoms with van der Waals surface area (Å²) < 4.78 is 6.32. The molecule has 2 amide bonds. The Bertz CT molecular complexity index is 1340. The van der Waals surface area contributed by atoms with Gasteiger partial charge in [-0.2, -0.15) is 0 Å². The van der Waals surface area contributed by atoms with E-state index in [9.17, 15) is 19.8 Å². The zero-order valence-electron chi connectivity index (χ0n) is 24.5. The number of carbonyl (C=O) groups excluding carboxylic acids is 2. The van der Waals surface area contributed by atoms with Gasteiger partial charge in [0, 0.05) is 31.6 Å². The predicted octanol–water partition coefficient (Wildman–Crippen LogP) is 4.94. The van der Waals surface area contributed by atoms with Crippen molar-refractivity contribution in [1.29, 1.82) is 0 Å². The van der Waals surface area contributed by atoms with Crippen molar-refractivity contribution in [2.45, 2.75) is 64.1 Å². The second-order valence-corrected chi connectivity index (χ2v) is 12.3. The summed E-state index contributed by atoms with van der Waals surface area (Å²) in [6.45, 7) is 5.08. The fourth-order valence-electron chi connectivity index (χ4n) is 7.65. The van der Waals surface area contributed by atoms with Crippen LogP contribution in [0.5, 0.6) is 5.75 Å². The van der Waals surface area contributed by atoms with Crippen LogP contribution in [0.1, 0.15) is 56.6 Å². The number of benzene rings is 2. The van der Waals surface area contributed by atoms with E-state index < -0.39 is 5.92 Å². The number of allylic oxidation sites excluding steroid dienone is 1.